The van der Waals surface area contributed by atoms with E-state index in [0.717, 1.165) is 11.1 Å². The molecular weight excluding hydrogens is 150 g/mol. The number of hydrogen-bond donors (Lipinski definition) is 1. The van der Waals surface area contributed by atoms with Gasteiger partial charge in [0.15, 0.2) is 0 Å². The van der Waals surface area contributed by atoms with Gasteiger partial charge < -0.3 is 5.32 Å². The van der Waals surface area contributed by atoms with Crippen molar-refractivity contribution in [2.24, 2.45) is 0 Å². The summed E-state index contributed by atoms with van der Waals surface area (Å²) >= 11 is 0. The molecule has 0 unspecified atom stereocenters. The molecule has 1 N–H and O–H groups in total. The van der Waals surface area contributed by atoms with Crippen molar-refractivity contribution < 1.29 is 4.79 Å². The molecule has 0 aromatic rings. The van der Waals surface area contributed by atoms with Gasteiger partial charge in [0.25, 0.3) is 5.91 Å². The van der Waals surface area contributed by atoms with Gasteiger partial charge in [0, 0.05) is 12.1 Å². The van der Waals surface area contributed by atoms with Crippen LogP contribution in [0.15, 0.2) is 35.5 Å². The van der Waals surface area contributed by atoms with Crippen LogP contribution in [-0.2, 0) is 4.79 Å². The predicted octanol–water partition coefficient (Wildman–Crippen LogP) is 1.56. The first kappa shape index (κ1) is 8.78. The number of carbonyl (C=O) groups is 1. The van der Waals surface area contributed by atoms with E-state index in [1.54, 1.807) is 0 Å². The Bertz CT molecular complexity index is 272. The Hall–Kier alpha value is -1.31. The van der Waals surface area contributed by atoms with Gasteiger partial charge in [-0.25, -0.2) is 0 Å². The molecule has 1 aliphatic heterocycles. The number of amides is 1. The van der Waals surface area contributed by atoms with E-state index < -0.39 is 0 Å². The summed E-state index contributed by atoms with van der Waals surface area (Å²) in [5.74, 6) is 0.0289. The lowest BCUT2D eigenvalue weighted by Crippen LogP contribution is -2.16. The molecule has 0 aromatic heterocycles. The number of hydrogen-bond acceptors (Lipinski definition) is 1. The van der Waals surface area contributed by atoms with E-state index in [-0.39, 0.29) is 5.91 Å². The van der Waals surface area contributed by atoms with Gasteiger partial charge in [0.2, 0.25) is 0 Å². The predicted molar refractivity (Wildman–Crippen MR) is 49.7 cm³/mol. The third-order valence-corrected chi connectivity index (χ3v) is 1.73. The van der Waals surface area contributed by atoms with Crippen LogP contribution >= 0.6 is 0 Å². The summed E-state index contributed by atoms with van der Waals surface area (Å²) in [6.07, 6.45) is 7.63. The zero-order chi connectivity index (χ0) is 8.97. The lowest BCUT2D eigenvalue weighted by molar-refractivity contribution is -0.116. The standard InChI is InChI=1S/C10H13NO/c1-3-5-8-7-11-10(12)9(8)6-4-2/h3-6H,7H2,1-2H3,(H,11,12)/b5-3-,6-4-. The molecule has 0 aliphatic carbocycles. The Labute approximate surface area is 72.7 Å². The Balaban J connectivity index is 2.97. The second kappa shape index (κ2) is 3.90. The van der Waals surface area contributed by atoms with E-state index in [0.29, 0.717) is 6.54 Å². The van der Waals surface area contributed by atoms with Crippen LogP contribution in [0.25, 0.3) is 0 Å². The summed E-state index contributed by atoms with van der Waals surface area (Å²) in [5, 5.41) is 2.77. The molecule has 0 radical (unpaired) electrons. The largest absolute Gasteiger partial charge is 0.348 e. The van der Waals surface area contributed by atoms with Crippen LogP contribution in [0.4, 0.5) is 0 Å². The molecule has 1 heterocycles. The summed E-state index contributed by atoms with van der Waals surface area (Å²) in [6, 6.07) is 0. The van der Waals surface area contributed by atoms with Gasteiger partial charge in [-0.2, -0.15) is 0 Å². The lowest BCUT2D eigenvalue weighted by atomic mass is 10.1. The van der Waals surface area contributed by atoms with Crippen molar-refractivity contribution in [3.05, 3.63) is 35.5 Å². The van der Waals surface area contributed by atoms with Gasteiger partial charge in [0.1, 0.15) is 0 Å². The molecule has 12 heavy (non-hydrogen) atoms. The average Bonchev–Trinajstić information content (AvgIpc) is 2.37. The smallest absolute Gasteiger partial charge is 0.251 e. The quantitative estimate of drug-likeness (QED) is 0.657. The fourth-order valence-electron chi connectivity index (χ4n) is 1.21. The van der Waals surface area contributed by atoms with E-state index in [2.05, 4.69) is 5.32 Å². The molecule has 0 fully saturated rings. The number of allylic oxidation sites excluding steroid dienone is 2. The molecule has 1 amide bonds. The second-order valence-corrected chi connectivity index (χ2v) is 2.62. The molecule has 2 nitrogen and oxygen atoms in total. The molecule has 0 saturated heterocycles. The normalized spacial score (nSPS) is 18.3. The van der Waals surface area contributed by atoms with Gasteiger partial charge in [-0.15, -0.1) is 0 Å². The zero-order valence-corrected chi connectivity index (χ0v) is 7.42. The van der Waals surface area contributed by atoms with E-state index >= 15 is 0 Å². The molecule has 0 aromatic carbocycles. The molecule has 2 heteroatoms. The third-order valence-electron chi connectivity index (χ3n) is 1.73. The van der Waals surface area contributed by atoms with Crippen molar-refractivity contribution in [2.75, 3.05) is 6.54 Å². The van der Waals surface area contributed by atoms with Crippen LogP contribution in [0.3, 0.4) is 0 Å². The molecule has 0 bridgehead atoms. The number of nitrogens with one attached hydrogen (secondary N) is 1. The van der Waals surface area contributed by atoms with Crippen molar-refractivity contribution in [3.63, 3.8) is 0 Å². The van der Waals surface area contributed by atoms with Crippen LogP contribution in [0.5, 0.6) is 0 Å². The van der Waals surface area contributed by atoms with Crippen molar-refractivity contribution in [2.45, 2.75) is 13.8 Å². The maximum absolute atomic E-state index is 11.2. The van der Waals surface area contributed by atoms with Crippen LogP contribution in [0, 0.1) is 0 Å². The van der Waals surface area contributed by atoms with Gasteiger partial charge in [0.05, 0.1) is 0 Å². The topological polar surface area (TPSA) is 29.1 Å². The van der Waals surface area contributed by atoms with Crippen LogP contribution in [0.1, 0.15) is 13.8 Å². The molecular formula is C10H13NO. The first-order chi connectivity index (χ1) is 5.79. The van der Waals surface area contributed by atoms with Crippen molar-refractivity contribution in [1.82, 2.24) is 5.32 Å². The molecule has 1 aliphatic rings. The van der Waals surface area contributed by atoms with Crippen molar-refractivity contribution >= 4 is 5.91 Å². The highest BCUT2D eigenvalue weighted by molar-refractivity contribution is 6.00. The first-order valence-corrected chi connectivity index (χ1v) is 4.06. The van der Waals surface area contributed by atoms with E-state index in [4.69, 9.17) is 0 Å². The molecule has 0 spiro atoms. The Morgan fingerprint density at radius 1 is 1.25 bits per heavy atom. The maximum Gasteiger partial charge on any atom is 0.251 e. The number of rotatable bonds is 2. The van der Waals surface area contributed by atoms with E-state index in [1.165, 1.54) is 0 Å². The summed E-state index contributed by atoms with van der Waals surface area (Å²) < 4.78 is 0. The fourth-order valence-corrected chi connectivity index (χ4v) is 1.21. The summed E-state index contributed by atoms with van der Waals surface area (Å²) in [5.41, 5.74) is 1.86. The highest BCUT2D eigenvalue weighted by Crippen LogP contribution is 2.13. The van der Waals surface area contributed by atoms with Gasteiger partial charge in [-0.05, 0) is 19.4 Å². The van der Waals surface area contributed by atoms with Gasteiger partial charge in [-0.3, -0.25) is 4.79 Å². The third kappa shape index (κ3) is 1.64. The lowest BCUT2D eigenvalue weighted by Gasteiger charge is -1.91. The van der Waals surface area contributed by atoms with Crippen LogP contribution in [-0.4, -0.2) is 12.5 Å². The van der Waals surface area contributed by atoms with Crippen LogP contribution in [0.2, 0.25) is 0 Å². The summed E-state index contributed by atoms with van der Waals surface area (Å²) in [7, 11) is 0. The van der Waals surface area contributed by atoms with Crippen molar-refractivity contribution in [3.8, 4) is 0 Å². The highest BCUT2D eigenvalue weighted by atomic mass is 16.1. The minimum absolute atomic E-state index is 0.0289. The monoisotopic (exact) mass is 163 g/mol. The summed E-state index contributed by atoms with van der Waals surface area (Å²) in [6.45, 7) is 4.51. The van der Waals surface area contributed by atoms with E-state index in [1.807, 2.05) is 38.2 Å². The van der Waals surface area contributed by atoms with Crippen molar-refractivity contribution in [1.29, 1.82) is 0 Å². The molecule has 0 atom stereocenters. The molecule has 64 valence electrons. The minimum atomic E-state index is 0.0289. The van der Waals surface area contributed by atoms with Gasteiger partial charge in [-0.1, -0.05) is 24.3 Å². The summed E-state index contributed by atoms with van der Waals surface area (Å²) in [4.78, 5) is 11.2. The molecule has 0 saturated carbocycles. The molecule has 1 rings (SSSR count). The fraction of sp³-hybridized carbons (Fsp3) is 0.300. The highest BCUT2D eigenvalue weighted by Gasteiger charge is 2.17. The average molecular weight is 163 g/mol. The Kier molecular flexibility index (Phi) is 2.86. The zero-order valence-electron chi connectivity index (χ0n) is 7.42. The van der Waals surface area contributed by atoms with Gasteiger partial charge >= 0.3 is 0 Å². The Morgan fingerprint density at radius 2 is 1.92 bits per heavy atom. The SMILES string of the molecule is C/C=C\C1=C(/C=C\C)C(=O)NC1. The number of carbonyl (C=O) groups excluding carboxylic acids is 1. The minimum Gasteiger partial charge on any atom is -0.348 e. The maximum atomic E-state index is 11.2. The Morgan fingerprint density at radius 3 is 2.50 bits per heavy atom. The second-order valence-electron chi connectivity index (χ2n) is 2.62. The van der Waals surface area contributed by atoms with E-state index in [9.17, 15) is 4.79 Å². The first-order valence-electron chi connectivity index (χ1n) is 4.06. The van der Waals surface area contributed by atoms with Crippen LogP contribution < -0.4 is 5.32 Å².